The smallest absolute Gasteiger partial charge is 0.355 e. The molecule has 0 saturated carbocycles. The van der Waals surface area contributed by atoms with Crippen LogP contribution in [-0.4, -0.2) is 29.2 Å². The molecule has 0 saturated heterocycles. The Morgan fingerprint density at radius 3 is 2.89 bits per heavy atom. The number of esters is 1. The number of aryl methyl sites for hydroxylation is 1. The summed E-state index contributed by atoms with van der Waals surface area (Å²) in [6.45, 7) is 2.73. The summed E-state index contributed by atoms with van der Waals surface area (Å²) in [4.78, 5) is 19.8. The number of benzene rings is 2. The minimum absolute atomic E-state index is 0.309. The number of nitrogens with one attached hydrogen (secondary N) is 1. The van der Waals surface area contributed by atoms with E-state index in [0.29, 0.717) is 18.9 Å². The number of carbonyl (C=O) groups is 1. The van der Waals surface area contributed by atoms with Crippen molar-refractivity contribution in [2.75, 3.05) is 13.2 Å². The first-order valence-corrected chi connectivity index (χ1v) is 9.50. The van der Waals surface area contributed by atoms with Gasteiger partial charge in [-0.2, -0.15) is 0 Å². The summed E-state index contributed by atoms with van der Waals surface area (Å²) < 4.78 is 11.1. The molecule has 5 heteroatoms. The average Bonchev–Trinajstić information content (AvgIpc) is 3.10. The van der Waals surface area contributed by atoms with Crippen LogP contribution in [0.5, 0.6) is 5.75 Å². The molecule has 1 N–H and O–H groups in total. The number of aromatic nitrogens is 2. The standard InChI is InChI=1S/C23H22N2O3/c1-2-27-23(26)22-19(18-8-3-4-10-21(18)25-22)9-6-14-28-17-11-12-20-16(15-17)7-5-13-24-20/h3-5,7-8,10-13,15,25H,2,6,9,14H2,1H3. The molecule has 0 bridgehead atoms. The lowest BCUT2D eigenvalue weighted by molar-refractivity contribution is 0.0519. The van der Waals surface area contributed by atoms with Crippen molar-refractivity contribution >= 4 is 27.8 Å². The minimum atomic E-state index is -0.309. The Kier molecular flexibility index (Phi) is 5.24. The molecule has 2 aromatic carbocycles. The molecule has 142 valence electrons. The van der Waals surface area contributed by atoms with E-state index in [1.165, 1.54) is 0 Å². The molecule has 4 rings (SSSR count). The van der Waals surface area contributed by atoms with Crippen molar-refractivity contribution in [2.24, 2.45) is 0 Å². The van der Waals surface area contributed by atoms with Gasteiger partial charge in [0, 0.05) is 22.5 Å². The summed E-state index contributed by atoms with van der Waals surface area (Å²) in [5.41, 5.74) is 3.43. The third kappa shape index (κ3) is 3.69. The van der Waals surface area contributed by atoms with Crippen molar-refractivity contribution in [3.63, 3.8) is 0 Å². The minimum Gasteiger partial charge on any atom is -0.494 e. The largest absolute Gasteiger partial charge is 0.494 e. The molecule has 0 fully saturated rings. The van der Waals surface area contributed by atoms with Gasteiger partial charge in [0.2, 0.25) is 0 Å². The summed E-state index contributed by atoms with van der Waals surface area (Å²) in [7, 11) is 0. The quantitative estimate of drug-likeness (QED) is 0.369. The second-order valence-corrected chi connectivity index (χ2v) is 6.55. The Labute approximate surface area is 163 Å². The van der Waals surface area contributed by atoms with Crippen LogP contribution in [0.3, 0.4) is 0 Å². The van der Waals surface area contributed by atoms with E-state index in [9.17, 15) is 4.79 Å². The lowest BCUT2D eigenvalue weighted by atomic mass is 10.1. The number of H-pyrrole nitrogens is 1. The van der Waals surface area contributed by atoms with Crippen LogP contribution in [-0.2, 0) is 11.2 Å². The Bertz CT molecular complexity index is 1120. The van der Waals surface area contributed by atoms with Crippen molar-refractivity contribution in [1.29, 1.82) is 0 Å². The van der Waals surface area contributed by atoms with E-state index in [1.54, 1.807) is 6.20 Å². The van der Waals surface area contributed by atoms with E-state index < -0.39 is 0 Å². The van der Waals surface area contributed by atoms with Crippen molar-refractivity contribution in [2.45, 2.75) is 19.8 Å². The highest BCUT2D eigenvalue weighted by molar-refractivity contribution is 5.98. The molecule has 2 heterocycles. The Morgan fingerprint density at radius 1 is 1.11 bits per heavy atom. The molecule has 0 aliphatic carbocycles. The molecule has 0 aliphatic rings. The van der Waals surface area contributed by atoms with E-state index in [4.69, 9.17) is 9.47 Å². The molecule has 4 aromatic rings. The van der Waals surface area contributed by atoms with Gasteiger partial charge in [-0.05, 0) is 55.7 Å². The lowest BCUT2D eigenvalue weighted by Gasteiger charge is -2.08. The molecular weight excluding hydrogens is 352 g/mol. The molecular formula is C23H22N2O3. The number of fused-ring (bicyclic) bond motifs is 2. The molecule has 0 atom stereocenters. The van der Waals surface area contributed by atoms with E-state index in [1.807, 2.05) is 61.5 Å². The number of aromatic amines is 1. The van der Waals surface area contributed by atoms with Gasteiger partial charge in [-0.25, -0.2) is 4.79 Å². The third-order valence-corrected chi connectivity index (χ3v) is 4.71. The van der Waals surface area contributed by atoms with E-state index >= 15 is 0 Å². The topological polar surface area (TPSA) is 64.2 Å². The normalized spacial score (nSPS) is 11.0. The maximum atomic E-state index is 12.3. The summed E-state index contributed by atoms with van der Waals surface area (Å²) in [5.74, 6) is 0.515. The number of hydrogen-bond donors (Lipinski definition) is 1. The van der Waals surface area contributed by atoms with Crippen LogP contribution in [0, 0.1) is 0 Å². The van der Waals surface area contributed by atoms with Gasteiger partial charge in [0.05, 0.1) is 18.7 Å². The van der Waals surface area contributed by atoms with Gasteiger partial charge in [0.1, 0.15) is 11.4 Å². The highest BCUT2D eigenvalue weighted by Crippen LogP contribution is 2.25. The van der Waals surface area contributed by atoms with Crippen molar-refractivity contribution < 1.29 is 14.3 Å². The predicted molar refractivity (Wildman–Crippen MR) is 110 cm³/mol. The van der Waals surface area contributed by atoms with Gasteiger partial charge >= 0.3 is 5.97 Å². The van der Waals surface area contributed by atoms with Crippen LogP contribution in [0.4, 0.5) is 0 Å². The van der Waals surface area contributed by atoms with Crippen LogP contribution < -0.4 is 4.74 Å². The molecule has 0 aliphatic heterocycles. The first kappa shape index (κ1) is 18.0. The molecule has 0 radical (unpaired) electrons. The zero-order valence-electron chi connectivity index (χ0n) is 15.8. The molecule has 2 aromatic heterocycles. The predicted octanol–water partition coefficient (Wildman–Crippen LogP) is 4.90. The number of rotatable bonds is 7. The SMILES string of the molecule is CCOC(=O)c1[nH]c2ccccc2c1CCCOc1ccc2ncccc2c1. The maximum Gasteiger partial charge on any atom is 0.355 e. The van der Waals surface area contributed by atoms with Crippen LogP contribution in [0.15, 0.2) is 60.8 Å². The van der Waals surface area contributed by atoms with Crippen molar-refractivity contribution in [3.8, 4) is 5.75 Å². The zero-order valence-corrected chi connectivity index (χ0v) is 15.8. The van der Waals surface area contributed by atoms with Gasteiger partial charge in [0.25, 0.3) is 0 Å². The number of ether oxygens (including phenoxy) is 2. The van der Waals surface area contributed by atoms with Gasteiger partial charge < -0.3 is 14.5 Å². The van der Waals surface area contributed by atoms with Crippen LogP contribution in [0.1, 0.15) is 29.4 Å². The highest BCUT2D eigenvalue weighted by atomic mass is 16.5. The monoisotopic (exact) mass is 374 g/mol. The second-order valence-electron chi connectivity index (χ2n) is 6.55. The highest BCUT2D eigenvalue weighted by Gasteiger charge is 2.18. The van der Waals surface area contributed by atoms with Crippen LogP contribution in [0.2, 0.25) is 0 Å². The van der Waals surface area contributed by atoms with Gasteiger partial charge in [-0.1, -0.05) is 24.3 Å². The molecule has 0 amide bonds. The van der Waals surface area contributed by atoms with E-state index in [2.05, 4.69) is 9.97 Å². The number of pyridine rings is 1. The fourth-order valence-electron chi connectivity index (χ4n) is 3.42. The Balaban J connectivity index is 1.46. The van der Waals surface area contributed by atoms with Gasteiger partial charge in [-0.15, -0.1) is 0 Å². The van der Waals surface area contributed by atoms with Crippen molar-refractivity contribution in [3.05, 3.63) is 72.1 Å². The molecule has 28 heavy (non-hydrogen) atoms. The summed E-state index contributed by atoms with van der Waals surface area (Å²) in [6, 6.07) is 17.8. The van der Waals surface area contributed by atoms with Crippen molar-refractivity contribution in [1.82, 2.24) is 9.97 Å². The number of hydrogen-bond acceptors (Lipinski definition) is 4. The van der Waals surface area contributed by atoms with E-state index in [0.717, 1.165) is 46.0 Å². The van der Waals surface area contributed by atoms with E-state index in [-0.39, 0.29) is 5.97 Å². The van der Waals surface area contributed by atoms with Gasteiger partial charge in [-0.3, -0.25) is 4.98 Å². The summed E-state index contributed by atoms with van der Waals surface area (Å²) in [6.07, 6.45) is 3.30. The fourth-order valence-corrected chi connectivity index (χ4v) is 3.42. The number of carbonyl (C=O) groups excluding carboxylic acids is 1. The van der Waals surface area contributed by atoms with Crippen LogP contribution in [0.25, 0.3) is 21.8 Å². The van der Waals surface area contributed by atoms with Crippen LogP contribution >= 0.6 is 0 Å². The summed E-state index contributed by atoms with van der Waals surface area (Å²) >= 11 is 0. The molecule has 0 spiro atoms. The second kappa shape index (κ2) is 8.13. The number of nitrogens with zero attached hydrogens (tertiary/aromatic N) is 1. The maximum absolute atomic E-state index is 12.3. The summed E-state index contributed by atoms with van der Waals surface area (Å²) in [5, 5.41) is 2.11. The fraction of sp³-hybridized carbons (Fsp3) is 0.217. The third-order valence-electron chi connectivity index (χ3n) is 4.71. The molecule has 5 nitrogen and oxygen atoms in total. The first-order valence-electron chi connectivity index (χ1n) is 9.50. The average molecular weight is 374 g/mol. The Hall–Kier alpha value is -3.34. The first-order chi connectivity index (χ1) is 13.8. The zero-order chi connectivity index (χ0) is 19.3. The van der Waals surface area contributed by atoms with Gasteiger partial charge in [0.15, 0.2) is 0 Å². The Morgan fingerprint density at radius 2 is 2.00 bits per heavy atom. The molecule has 0 unspecified atom stereocenters. The lowest BCUT2D eigenvalue weighted by Crippen LogP contribution is -2.09. The number of para-hydroxylation sites is 1.